The fourth-order valence-electron chi connectivity index (χ4n) is 2.32. The molecule has 0 aromatic heterocycles. The Kier molecular flexibility index (Phi) is 9.59. The molecule has 11 heteroatoms. The summed E-state index contributed by atoms with van der Waals surface area (Å²) in [5.41, 5.74) is 0.323. The number of nitrogens with one attached hydrogen (secondary N) is 1. The Labute approximate surface area is 208 Å². The van der Waals surface area contributed by atoms with Gasteiger partial charge in [-0.05, 0) is 90.2 Å². The molecular formula is C20H22I2NO7P. The topological polar surface area (TPSA) is 100 Å². The second kappa shape index (κ2) is 11.5. The van der Waals surface area contributed by atoms with E-state index in [-0.39, 0.29) is 11.9 Å². The lowest BCUT2D eigenvalue weighted by Crippen LogP contribution is -2.37. The normalized spacial score (nSPS) is 13.8. The Balaban J connectivity index is 2.38. The summed E-state index contributed by atoms with van der Waals surface area (Å²) in [7, 11) is -2.81. The first kappa shape index (κ1) is 25.9. The van der Waals surface area contributed by atoms with Gasteiger partial charge in [-0.15, -0.1) is 0 Å². The van der Waals surface area contributed by atoms with Crippen molar-refractivity contribution >= 4 is 64.9 Å². The van der Waals surface area contributed by atoms with Crippen LogP contribution in [0.4, 0.5) is 0 Å². The van der Waals surface area contributed by atoms with Crippen LogP contribution in [0.1, 0.15) is 31.1 Å². The minimum atomic E-state index is -4.09. The van der Waals surface area contributed by atoms with Crippen molar-refractivity contribution in [1.29, 1.82) is 0 Å². The minimum absolute atomic E-state index is 0.241. The summed E-state index contributed by atoms with van der Waals surface area (Å²) < 4.78 is 36.1. The van der Waals surface area contributed by atoms with Crippen LogP contribution in [-0.2, 0) is 18.8 Å². The number of ether oxygens (including phenoxy) is 2. The Morgan fingerprint density at radius 2 is 1.58 bits per heavy atom. The van der Waals surface area contributed by atoms with E-state index >= 15 is 0 Å². The highest BCUT2D eigenvalue weighted by Gasteiger charge is 2.35. The lowest BCUT2D eigenvalue weighted by molar-refractivity contribution is -0.149. The Bertz CT molecular complexity index is 962. The van der Waals surface area contributed by atoms with Crippen LogP contribution in [-0.4, -0.2) is 31.2 Å². The highest BCUT2D eigenvalue weighted by atomic mass is 127. The molecule has 0 bridgehead atoms. The van der Waals surface area contributed by atoms with Crippen LogP contribution in [0.25, 0.3) is 0 Å². The van der Waals surface area contributed by atoms with Crippen molar-refractivity contribution in [2.75, 3.05) is 7.11 Å². The van der Waals surface area contributed by atoms with Crippen LogP contribution in [0, 0.1) is 7.14 Å². The summed E-state index contributed by atoms with van der Waals surface area (Å²) >= 11 is 3.92. The number of rotatable bonds is 9. The molecule has 0 saturated carbocycles. The molecule has 0 saturated heterocycles. The van der Waals surface area contributed by atoms with Crippen molar-refractivity contribution in [3.8, 4) is 11.5 Å². The number of para-hydroxylation sites is 1. The number of benzene rings is 2. The molecule has 2 aromatic carbocycles. The summed E-state index contributed by atoms with van der Waals surface area (Å²) in [6.45, 7) is 4.94. The molecule has 2 rings (SSSR count). The summed E-state index contributed by atoms with van der Waals surface area (Å²) in [5, 5.41) is 2.64. The molecule has 2 atom stereocenters. The molecule has 0 aliphatic carbocycles. The van der Waals surface area contributed by atoms with Crippen molar-refractivity contribution in [2.45, 2.75) is 32.9 Å². The molecule has 1 unspecified atom stereocenters. The highest BCUT2D eigenvalue weighted by Crippen LogP contribution is 2.48. The standard InChI is InChI=1S/C20H22I2NO7P/c1-12(2)28-19(24)13(3)23-31(26,29-15-8-6-5-7-9-15)30-18-16(21)10-14(11-17(18)22)20(25)27-4/h5-13H,1-4H3,(H,23,26)/t13-,31?/m0/s1. The zero-order chi connectivity index (χ0) is 23.2. The molecule has 31 heavy (non-hydrogen) atoms. The van der Waals surface area contributed by atoms with Gasteiger partial charge in [0, 0.05) is 0 Å². The van der Waals surface area contributed by atoms with Gasteiger partial charge in [-0.2, -0.15) is 5.09 Å². The zero-order valence-electron chi connectivity index (χ0n) is 17.3. The first-order valence-corrected chi connectivity index (χ1v) is 12.8. The van der Waals surface area contributed by atoms with E-state index in [4.69, 9.17) is 18.5 Å². The maximum Gasteiger partial charge on any atom is 0.513 e. The molecule has 2 aromatic rings. The van der Waals surface area contributed by atoms with E-state index in [9.17, 15) is 14.2 Å². The fraction of sp³-hybridized carbons (Fsp3) is 0.300. The molecule has 8 nitrogen and oxygen atoms in total. The number of hydrogen-bond acceptors (Lipinski definition) is 7. The van der Waals surface area contributed by atoms with Gasteiger partial charge in [0.05, 0.1) is 25.9 Å². The largest absolute Gasteiger partial charge is 0.513 e. The molecule has 0 amide bonds. The predicted molar refractivity (Wildman–Crippen MR) is 132 cm³/mol. The Morgan fingerprint density at radius 1 is 1.00 bits per heavy atom. The Hall–Kier alpha value is -1.37. The average Bonchev–Trinajstić information content (AvgIpc) is 2.70. The number of esters is 2. The third-order valence-electron chi connectivity index (χ3n) is 3.66. The monoisotopic (exact) mass is 673 g/mol. The summed E-state index contributed by atoms with van der Waals surface area (Å²) in [4.78, 5) is 24.1. The minimum Gasteiger partial charge on any atom is -0.465 e. The summed E-state index contributed by atoms with van der Waals surface area (Å²) in [6, 6.07) is 10.6. The van der Waals surface area contributed by atoms with Gasteiger partial charge < -0.3 is 18.5 Å². The first-order valence-electron chi connectivity index (χ1n) is 9.14. The van der Waals surface area contributed by atoms with E-state index in [2.05, 4.69) is 5.09 Å². The van der Waals surface area contributed by atoms with Gasteiger partial charge >= 0.3 is 19.7 Å². The number of carbonyl (C=O) groups excluding carboxylic acids is 2. The number of hydrogen-bond donors (Lipinski definition) is 1. The van der Waals surface area contributed by atoms with Crippen LogP contribution in [0.3, 0.4) is 0 Å². The van der Waals surface area contributed by atoms with Crippen LogP contribution in [0.15, 0.2) is 42.5 Å². The molecule has 0 heterocycles. The number of carbonyl (C=O) groups is 2. The van der Waals surface area contributed by atoms with E-state index in [0.717, 1.165) is 0 Å². The third-order valence-corrected chi connectivity index (χ3v) is 6.84. The molecule has 1 N–H and O–H groups in total. The molecule has 0 spiro atoms. The maximum absolute atomic E-state index is 13.7. The fourth-order valence-corrected chi connectivity index (χ4v) is 6.21. The zero-order valence-corrected chi connectivity index (χ0v) is 22.5. The molecule has 0 aliphatic heterocycles. The van der Waals surface area contributed by atoms with E-state index < -0.39 is 25.7 Å². The van der Waals surface area contributed by atoms with E-state index in [1.165, 1.54) is 14.0 Å². The lowest BCUT2D eigenvalue weighted by Gasteiger charge is -2.24. The van der Waals surface area contributed by atoms with Crippen molar-refractivity contribution in [3.63, 3.8) is 0 Å². The van der Waals surface area contributed by atoms with E-state index in [1.807, 2.05) is 45.2 Å². The van der Waals surface area contributed by atoms with Crippen LogP contribution in [0.5, 0.6) is 11.5 Å². The third kappa shape index (κ3) is 7.62. The molecule has 0 aliphatic rings. The lowest BCUT2D eigenvalue weighted by atomic mass is 10.2. The van der Waals surface area contributed by atoms with Crippen molar-refractivity contribution in [3.05, 3.63) is 55.2 Å². The van der Waals surface area contributed by atoms with Gasteiger partial charge in [0.15, 0.2) is 5.75 Å². The van der Waals surface area contributed by atoms with Crippen LogP contribution < -0.4 is 14.1 Å². The molecule has 0 radical (unpaired) electrons. The van der Waals surface area contributed by atoms with Gasteiger partial charge in [0.25, 0.3) is 0 Å². The quantitative estimate of drug-likeness (QED) is 0.221. The second-order valence-corrected chi connectivity index (χ2v) is 10.5. The second-order valence-electron chi connectivity index (χ2n) is 6.59. The van der Waals surface area contributed by atoms with Gasteiger partial charge in [-0.25, -0.2) is 9.36 Å². The predicted octanol–water partition coefficient (Wildman–Crippen LogP) is 5.18. The van der Waals surface area contributed by atoms with E-state index in [1.54, 1.807) is 56.3 Å². The van der Waals surface area contributed by atoms with Crippen molar-refractivity contribution in [2.24, 2.45) is 0 Å². The first-order chi connectivity index (χ1) is 14.5. The van der Waals surface area contributed by atoms with Gasteiger partial charge in [-0.3, -0.25) is 4.79 Å². The van der Waals surface area contributed by atoms with Crippen LogP contribution in [0.2, 0.25) is 0 Å². The van der Waals surface area contributed by atoms with Gasteiger partial charge in [0.2, 0.25) is 0 Å². The number of halogens is 2. The number of methoxy groups -OCH3 is 1. The Morgan fingerprint density at radius 3 is 2.10 bits per heavy atom. The SMILES string of the molecule is COC(=O)c1cc(I)c(OP(=O)(N[C@@H](C)C(=O)OC(C)C)Oc2ccccc2)c(I)c1. The smallest absolute Gasteiger partial charge is 0.465 e. The molecule has 0 fully saturated rings. The summed E-state index contributed by atoms with van der Waals surface area (Å²) in [5.74, 6) is -0.570. The summed E-state index contributed by atoms with van der Waals surface area (Å²) in [6.07, 6.45) is -0.333. The molecule has 168 valence electrons. The van der Waals surface area contributed by atoms with Crippen molar-refractivity contribution < 1.29 is 32.7 Å². The van der Waals surface area contributed by atoms with E-state index in [0.29, 0.717) is 18.5 Å². The van der Waals surface area contributed by atoms with Crippen molar-refractivity contribution in [1.82, 2.24) is 5.09 Å². The highest BCUT2D eigenvalue weighted by molar-refractivity contribution is 14.1. The molecular weight excluding hydrogens is 651 g/mol. The van der Waals surface area contributed by atoms with Crippen LogP contribution >= 0.6 is 52.9 Å². The average molecular weight is 673 g/mol. The van der Waals surface area contributed by atoms with Gasteiger partial charge in [-0.1, -0.05) is 18.2 Å². The van der Waals surface area contributed by atoms with Gasteiger partial charge in [0.1, 0.15) is 11.8 Å². The maximum atomic E-state index is 13.7.